The van der Waals surface area contributed by atoms with Crippen LogP contribution in [0, 0.1) is 0 Å². The number of aryl methyl sites for hydroxylation is 1. The number of ether oxygens (including phenoxy) is 2. The summed E-state index contributed by atoms with van der Waals surface area (Å²) in [6, 6.07) is 26.2. The Balaban J connectivity index is 1.70. The van der Waals surface area contributed by atoms with E-state index in [0.29, 0.717) is 39.1 Å². The number of hydrogen-bond donors (Lipinski definition) is 0. The number of hydrogen-bond acceptors (Lipinski definition) is 3. The summed E-state index contributed by atoms with van der Waals surface area (Å²) in [4.78, 5) is 15.1. The molecule has 0 radical (unpaired) electrons. The lowest BCUT2D eigenvalue weighted by molar-refractivity contribution is -0.132. The first-order valence-electron chi connectivity index (χ1n) is 10.9. The van der Waals surface area contributed by atoms with Gasteiger partial charge in [-0.2, -0.15) is 0 Å². The van der Waals surface area contributed by atoms with Crippen molar-refractivity contribution in [3.63, 3.8) is 0 Å². The molecule has 0 aliphatic carbocycles. The van der Waals surface area contributed by atoms with Gasteiger partial charge in [-0.1, -0.05) is 66.7 Å². The van der Waals surface area contributed by atoms with Crippen molar-refractivity contribution >= 4 is 5.91 Å². The molecule has 162 valence electrons. The molecule has 0 N–H and O–H groups in total. The van der Waals surface area contributed by atoms with Gasteiger partial charge in [0.15, 0.2) is 11.5 Å². The summed E-state index contributed by atoms with van der Waals surface area (Å²) in [6.45, 7) is 6.27. The molecule has 4 nitrogen and oxygen atoms in total. The maximum absolute atomic E-state index is 13.2. The van der Waals surface area contributed by atoms with E-state index in [0.717, 1.165) is 28.2 Å². The Kier molecular flexibility index (Phi) is 8.53. The van der Waals surface area contributed by atoms with E-state index in [9.17, 15) is 4.79 Å². The minimum Gasteiger partial charge on any atom is -0.490 e. The monoisotopic (exact) mass is 417 g/mol. The van der Waals surface area contributed by atoms with Gasteiger partial charge >= 0.3 is 0 Å². The Morgan fingerprint density at radius 3 is 1.81 bits per heavy atom. The first-order chi connectivity index (χ1) is 15.2. The largest absolute Gasteiger partial charge is 0.490 e. The standard InChI is InChI=1S/C27H31NO3/c1-3-30-25-17-15-22(19-26(25)31-4-2)16-18-27(29)28(20-23-11-7-5-8-12-23)21-24-13-9-6-10-14-24/h5-15,17,19H,3-4,16,18,20-21H2,1-2H3. The van der Waals surface area contributed by atoms with Crippen LogP contribution >= 0.6 is 0 Å². The number of carbonyl (C=O) groups excluding carboxylic acids is 1. The first kappa shape index (κ1) is 22.4. The fourth-order valence-electron chi connectivity index (χ4n) is 3.50. The summed E-state index contributed by atoms with van der Waals surface area (Å²) in [7, 11) is 0. The van der Waals surface area contributed by atoms with Gasteiger partial charge < -0.3 is 14.4 Å². The molecular weight excluding hydrogens is 386 g/mol. The zero-order valence-electron chi connectivity index (χ0n) is 18.4. The number of carbonyl (C=O) groups is 1. The molecule has 0 unspecified atom stereocenters. The summed E-state index contributed by atoms with van der Waals surface area (Å²) in [5.41, 5.74) is 3.33. The third kappa shape index (κ3) is 6.88. The molecule has 3 aromatic carbocycles. The molecule has 0 aliphatic heterocycles. The van der Waals surface area contributed by atoms with E-state index in [4.69, 9.17) is 9.47 Å². The Bertz CT molecular complexity index is 900. The molecule has 31 heavy (non-hydrogen) atoms. The van der Waals surface area contributed by atoms with Crippen LogP contribution in [0.3, 0.4) is 0 Å². The number of nitrogens with zero attached hydrogens (tertiary/aromatic N) is 1. The third-order valence-corrected chi connectivity index (χ3v) is 5.02. The van der Waals surface area contributed by atoms with E-state index in [-0.39, 0.29) is 5.91 Å². The Hall–Kier alpha value is -3.27. The zero-order valence-corrected chi connectivity index (χ0v) is 18.4. The summed E-state index contributed by atoms with van der Waals surface area (Å²) >= 11 is 0. The first-order valence-corrected chi connectivity index (χ1v) is 10.9. The number of benzene rings is 3. The molecule has 3 aromatic rings. The molecule has 0 aromatic heterocycles. The van der Waals surface area contributed by atoms with Gasteiger partial charge in [0, 0.05) is 19.5 Å². The van der Waals surface area contributed by atoms with Crippen molar-refractivity contribution in [1.82, 2.24) is 4.90 Å². The van der Waals surface area contributed by atoms with Gasteiger partial charge in [-0.3, -0.25) is 4.79 Å². The van der Waals surface area contributed by atoms with Crippen LogP contribution in [0.15, 0.2) is 78.9 Å². The van der Waals surface area contributed by atoms with Gasteiger partial charge in [-0.25, -0.2) is 0 Å². The highest BCUT2D eigenvalue weighted by atomic mass is 16.5. The maximum atomic E-state index is 13.2. The smallest absolute Gasteiger partial charge is 0.223 e. The van der Waals surface area contributed by atoms with Crippen molar-refractivity contribution < 1.29 is 14.3 Å². The predicted molar refractivity (Wildman–Crippen MR) is 124 cm³/mol. The van der Waals surface area contributed by atoms with Crippen LogP contribution in [0.1, 0.15) is 37.0 Å². The predicted octanol–water partition coefficient (Wildman–Crippen LogP) is 5.65. The van der Waals surface area contributed by atoms with Gasteiger partial charge in [0.2, 0.25) is 5.91 Å². The van der Waals surface area contributed by atoms with Crippen LogP contribution in [0.25, 0.3) is 0 Å². The van der Waals surface area contributed by atoms with E-state index in [1.807, 2.05) is 73.3 Å². The lowest BCUT2D eigenvalue weighted by Crippen LogP contribution is -2.30. The normalized spacial score (nSPS) is 10.5. The third-order valence-electron chi connectivity index (χ3n) is 5.02. The van der Waals surface area contributed by atoms with Gasteiger partial charge in [0.1, 0.15) is 0 Å². The molecule has 0 fully saturated rings. The van der Waals surface area contributed by atoms with Gasteiger partial charge in [0.25, 0.3) is 0 Å². The van der Waals surface area contributed by atoms with E-state index in [1.165, 1.54) is 0 Å². The van der Waals surface area contributed by atoms with Gasteiger partial charge in [-0.15, -0.1) is 0 Å². The quantitative estimate of drug-likeness (QED) is 0.405. The fraction of sp³-hybridized carbons (Fsp3) is 0.296. The average Bonchev–Trinajstić information content (AvgIpc) is 2.80. The second-order valence-electron chi connectivity index (χ2n) is 7.37. The van der Waals surface area contributed by atoms with Crippen molar-refractivity contribution in [3.05, 3.63) is 95.6 Å². The molecule has 1 amide bonds. The molecule has 3 rings (SSSR count). The van der Waals surface area contributed by atoms with Crippen LogP contribution in [-0.4, -0.2) is 24.0 Å². The molecule has 0 bridgehead atoms. The minimum absolute atomic E-state index is 0.138. The summed E-state index contributed by atoms with van der Waals surface area (Å²) in [5, 5.41) is 0. The van der Waals surface area contributed by atoms with Crippen molar-refractivity contribution in [2.75, 3.05) is 13.2 Å². The van der Waals surface area contributed by atoms with E-state index >= 15 is 0 Å². The van der Waals surface area contributed by atoms with Crippen LogP contribution in [0.5, 0.6) is 11.5 Å². The SMILES string of the molecule is CCOc1ccc(CCC(=O)N(Cc2ccccc2)Cc2ccccc2)cc1OCC. The average molecular weight is 418 g/mol. The summed E-state index contributed by atoms with van der Waals surface area (Å²) in [5.74, 6) is 1.62. The molecule has 4 heteroatoms. The maximum Gasteiger partial charge on any atom is 0.223 e. The summed E-state index contributed by atoms with van der Waals surface area (Å²) in [6.07, 6.45) is 1.10. The molecule has 0 saturated heterocycles. The van der Waals surface area contributed by atoms with Crippen LogP contribution in [0.2, 0.25) is 0 Å². The van der Waals surface area contributed by atoms with Gasteiger partial charge in [-0.05, 0) is 49.1 Å². The minimum atomic E-state index is 0.138. The van der Waals surface area contributed by atoms with E-state index < -0.39 is 0 Å². The fourth-order valence-corrected chi connectivity index (χ4v) is 3.50. The van der Waals surface area contributed by atoms with Crippen molar-refractivity contribution in [2.45, 2.75) is 39.8 Å². The Morgan fingerprint density at radius 1 is 0.710 bits per heavy atom. The van der Waals surface area contributed by atoms with Crippen LogP contribution in [0.4, 0.5) is 0 Å². The lowest BCUT2D eigenvalue weighted by atomic mass is 10.1. The number of rotatable bonds is 11. The Labute approximate surface area is 185 Å². The van der Waals surface area contributed by atoms with Crippen LogP contribution < -0.4 is 9.47 Å². The highest BCUT2D eigenvalue weighted by Crippen LogP contribution is 2.29. The summed E-state index contributed by atoms with van der Waals surface area (Å²) < 4.78 is 11.4. The van der Waals surface area contributed by atoms with Crippen molar-refractivity contribution in [3.8, 4) is 11.5 Å². The van der Waals surface area contributed by atoms with Crippen molar-refractivity contribution in [1.29, 1.82) is 0 Å². The zero-order chi connectivity index (χ0) is 21.9. The lowest BCUT2D eigenvalue weighted by Gasteiger charge is -2.23. The Morgan fingerprint density at radius 2 is 1.26 bits per heavy atom. The van der Waals surface area contributed by atoms with E-state index in [1.54, 1.807) is 0 Å². The molecule has 0 spiro atoms. The highest BCUT2D eigenvalue weighted by Gasteiger charge is 2.15. The molecule has 0 saturated carbocycles. The van der Waals surface area contributed by atoms with E-state index in [2.05, 4.69) is 24.3 Å². The topological polar surface area (TPSA) is 38.8 Å². The second-order valence-corrected chi connectivity index (χ2v) is 7.37. The number of amides is 1. The molecule has 0 heterocycles. The van der Waals surface area contributed by atoms with Gasteiger partial charge in [0.05, 0.1) is 13.2 Å². The van der Waals surface area contributed by atoms with Crippen LogP contribution in [-0.2, 0) is 24.3 Å². The van der Waals surface area contributed by atoms with Crippen molar-refractivity contribution in [2.24, 2.45) is 0 Å². The molecule has 0 atom stereocenters. The molecule has 0 aliphatic rings. The highest BCUT2D eigenvalue weighted by molar-refractivity contribution is 5.76. The molecular formula is C27H31NO3. The second kappa shape index (κ2) is 11.8.